The highest BCUT2D eigenvalue weighted by Crippen LogP contribution is 2.35. The molecule has 184 valence electrons. The van der Waals surface area contributed by atoms with Gasteiger partial charge in [-0.1, -0.05) is 36.4 Å². The summed E-state index contributed by atoms with van der Waals surface area (Å²) in [7, 11) is 0. The van der Waals surface area contributed by atoms with Crippen LogP contribution in [0.3, 0.4) is 0 Å². The Morgan fingerprint density at radius 3 is 2.53 bits per heavy atom. The van der Waals surface area contributed by atoms with Gasteiger partial charge >= 0.3 is 0 Å². The highest BCUT2D eigenvalue weighted by Gasteiger charge is 2.39. The molecule has 3 aliphatic heterocycles. The van der Waals surface area contributed by atoms with E-state index in [4.69, 9.17) is 9.47 Å². The third-order valence-electron chi connectivity index (χ3n) is 7.35. The zero-order valence-electron chi connectivity index (χ0n) is 19.8. The van der Waals surface area contributed by atoms with Crippen LogP contribution in [0.5, 0.6) is 11.5 Å². The van der Waals surface area contributed by atoms with E-state index in [9.17, 15) is 14.4 Å². The number of ether oxygens (including phenoxy) is 2. The Hall–Kier alpha value is -4.07. The number of rotatable bonds is 4. The molecule has 1 N–H and O–H groups in total. The van der Waals surface area contributed by atoms with Gasteiger partial charge in [0.1, 0.15) is 0 Å². The van der Waals surface area contributed by atoms with E-state index in [2.05, 4.69) is 5.32 Å². The summed E-state index contributed by atoms with van der Waals surface area (Å²) in [5, 5.41) is 5.03. The normalized spacial score (nSPS) is 19.7. The highest BCUT2D eigenvalue weighted by molar-refractivity contribution is 6.07. The maximum absolute atomic E-state index is 13.3. The van der Waals surface area contributed by atoms with Gasteiger partial charge in [-0.05, 0) is 36.4 Å². The molecule has 3 aromatic carbocycles. The Balaban J connectivity index is 1.06. The predicted molar refractivity (Wildman–Crippen MR) is 135 cm³/mol. The van der Waals surface area contributed by atoms with Gasteiger partial charge in [-0.15, -0.1) is 0 Å². The number of anilines is 2. The van der Waals surface area contributed by atoms with Gasteiger partial charge in [0.2, 0.25) is 24.5 Å². The molecule has 0 radical (unpaired) electrons. The zero-order valence-corrected chi connectivity index (χ0v) is 19.8. The maximum atomic E-state index is 13.3. The zero-order chi connectivity index (χ0) is 24.6. The second-order valence-corrected chi connectivity index (χ2v) is 9.56. The monoisotopic (exact) mass is 485 g/mol. The lowest BCUT2D eigenvalue weighted by molar-refractivity contribution is -0.138. The largest absolute Gasteiger partial charge is 0.454 e. The lowest BCUT2D eigenvalue weighted by atomic mass is 9.94. The Morgan fingerprint density at radius 2 is 1.67 bits per heavy atom. The molecule has 0 saturated carbocycles. The minimum absolute atomic E-state index is 0.000663. The Kier molecular flexibility index (Phi) is 5.71. The Bertz CT molecular complexity index is 1340. The van der Waals surface area contributed by atoms with Crippen molar-refractivity contribution in [3.8, 4) is 11.5 Å². The standard InChI is InChI=1S/C28H27N3O5/c32-26-14-20(16-31(26)23-7-3-5-18-4-1-2-6-22(18)23)28(34)30-12-10-19(11-13-30)27(33)29-21-8-9-24-25(15-21)36-17-35-24/h1-9,15,19-20H,10-14,16-17H2,(H,29,33). The average molecular weight is 486 g/mol. The number of likely N-dealkylation sites (tertiary alicyclic amines) is 1. The molecule has 8 nitrogen and oxygen atoms in total. The number of nitrogens with one attached hydrogen (secondary N) is 1. The van der Waals surface area contributed by atoms with E-state index in [0.717, 1.165) is 16.5 Å². The van der Waals surface area contributed by atoms with Crippen molar-refractivity contribution in [2.75, 3.05) is 36.6 Å². The summed E-state index contributed by atoms with van der Waals surface area (Å²) in [4.78, 5) is 42.5. The number of hydrogen-bond acceptors (Lipinski definition) is 5. The fourth-order valence-corrected chi connectivity index (χ4v) is 5.39. The second kappa shape index (κ2) is 9.18. The molecule has 0 bridgehead atoms. The molecule has 2 fully saturated rings. The topological polar surface area (TPSA) is 88.2 Å². The van der Waals surface area contributed by atoms with Crippen molar-refractivity contribution >= 4 is 39.9 Å². The molecule has 0 aromatic heterocycles. The van der Waals surface area contributed by atoms with Crippen LogP contribution in [0.4, 0.5) is 11.4 Å². The minimum Gasteiger partial charge on any atom is -0.454 e. The third kappa shape index (κ3) is 4.12. The van der Waals surface area contributed by atoms with Gasteiger partial charge in [-0.2, -0.15) is 0 Å². The number of hydrogen-bond donors (Lipinski definition) is 1. The van der Waals surface area contributed by atoms with E-state index in [0.29, 0.717) is 49.7 Å². The maximum Gasteiger partial charge on any atom is 0.231 e. The molecule has 3 aromatic rings. The summed E-state index contributed by atoms with van der Waals surface area (Å²) < 4.78 is 10.7. The van der Waals surface area contributed by atoms with E-state index < -0.39 is 0 Å². The summed E-state index contributed by atoms with van der Waals surface area (Å²) in [5.74, 6) is 0.677. The fourth-order valence-electron chi connectivity index (χ4n) is 5.39. The van der Waals surface area contributed by atoms with Gasteiger partial charge in [0.15, 0.2) is 11.5 Å². The molecule has 3 heterocycles. The smallest absolute Gasteiger partial charge is 0.231 e. The number of piperidine rings is 1. The molecular formula is C28H27N3O5. The first-order valence-corrected chi connectivity index (χ1v) is 12.3. The second-order valence-electron chi connectivity index (χ2n) is 9.56. The van der Waals surface area contributed by atoms with Crippen LogP contribution in [0.25, 0.3) is 10.8 Å². The molecule has 3 aliphatic rings. The molecule has 1 atom stereocenters. The fraction of sp³-hybridized carbons (Fsp3) is 0.321. The van der Waals surface area contributed by atoms with Crippen LogP contribution in [0.1, 0.15) is 19.3 Å². The van der Waals surface area contributed by atoms with Crippen molar-refractivity contribution in [1.29, 1.82) is 0 Å². The van der Waals surface area contributed by atoms with Gasteiger partial charge in [0.25, 0.3) is 0 Å². The van der Waals surface area contributed by atoms with Gasteiger partial charge in [-0.3, -0.25) is 14.4 Å². The highest BCUT2D eigenvalue weighted by atomic mass is 16.7. The van der Waals surface area contributed by atoms with Crippen molar-refractivity contribution in [3.63, 3.8) is 0 Å². The lowest BCUT2D eigenvalue weighted by Gasteiger charge is -2.33. The third-order valence-corrected chi connectivity index (χ3v) is 7.35. The first-order valence-electron chi connectivity index (χ1n) is 12.3. The first kappa shape index (κ1) is 22.4. The summed E-state index contributed by atoms with van der Waals surface area (Å²) >= 11 is 0. The molecule has 1 unspecified atom stereocenters. The Morgan fingerprint density at radius 1 is 0.889 bits per heavy atom. The molecule has 6 rings (SSSR count). The van der Waals surface area contributed by atoms with E-state index >= 15 is 0 Å². The molecular weight excluding hydrogens is 458 g/mol. The van der Waals surface area contributed by atoms with Gasteiger partial charge in [-0.25, -0.2) is 0 Å². The van der Waals surface area contributed by atoms with Crippen molar-refractivity contribution in [2.24, 2.45) is 11.8 Å². The van der Waals surface area contributed by atoms with Crippen molar-refractivity contribution < 1.29 is 23.9 Å². The first-order chi connectivity index (χ1) is 17.6. The summed E-state index contributed by atoms with van der Waals surface area (Å²) in [5.41, 5.74) is 1.52. The summed E-state index contributed by atoms with van der Waals surface area (Å²) in [6.07, 6.45) is 1.40. The van der Waals surface area contributed by atoms with Gasteiger partial charge < -0.3 is 24.6 Å². The quantitative estimate of drug-likeness (QED) is 0.607. The summed E-state index contributed by atoms with van der Waals surface area (Å²) in [6.45, 7) is 1.59. The average Bonchev–Trinajstić information content (AvgIpc) is 3.54. The molecule has 0 spiro atoms. The number of nitrogens with zero attached hydrogens (tertiary/aromatic N) is 2. The number of fused-ring (bicyclic) bond motifs is 2. The predicted octanol–water partition coefficient (Wildman–Crippen LogP) is 3.80. The number of carbonyl (C=O) groups excluding carboxylic acids is 3. The van der Waals surface area contributed by atoms with Crippen LogP contribution in [0.15, 0.2) is 60.7 Å². The van der Waals surface area contributed by atoms with Crippen LogP contribution in [-0.2, 0) is 14.4 Å². The van der Waals surface area contributed by atoms with E-state index in [1.165, 1.54) is 0 Å². The SMILES string of the molecule is O=C(Nc1ccc2c(c1)OCO2)C1CCN(C(=O)C2CC(=O)N(c3cccc4ccccc34)C2)CC1. The van der Waals surface area contributed by atoms with Crippen LogP contribution in [0, 0.1) is 11.8 Å². The number of carbonyl (C=O) groups is 3. The molecule has 0 aliphatic carbocycles. The molecule has 36 heavy (non-hydrogen) atoms. The van der Waals surface area contributed by atoms with Crippen molar-refractivity contribution in [2.45, 2.75) is 19.3 Å². The molecule has 8 heteroatoms. The van der Waals surface area contributed by atoms with Crippen LogP contribution in [0.2, 0.25) is 0 Å². The van der Waals surface area contributed by atoms with Crippen LogP contribution in [-0.4, -0.2) is 49.0 Å². The van der Waals surface area contributed by atoms with E-state index in [1.54, 1.807) is 23.1 Å². The van der Waals surface area contributed by atoms with E-state index in [1.807, 2.05) is 47.4 Å². The van der Waals surface area contributed by atoms with E-state index in [-0.39, 0.29) is 42.8 Å². The molecule has 2 saturated heterocycles. The number of amides is 3. The van der Waals surface area contributed by atoms with Crippen molar-refractivity contribution in [1.82, 2.24) is 4.90 Å². The number of benzene rings is 3. The van der Waals surface area contributed by atoms with Crippen molar-refractivity contribution in [3.05, 3.63) is 60.7 Å². The lowest BCUT2D eigenvalue weighted by Crippen LogP contribution is -2.44. The Labute approximate surface area is 208 Å². The minimum atomic E-state index is -0.365. The molecule has 3 amide bonds. The van der Waals surface area contributed by atoms with Gasteiger partial charge in [0, 0.05) is 49.1 Å². The summed E-state index contributed by atoms with van der Waals surface area (Å²) in [6, 6.07) is 19.2. The van der Waals surface area contributed by atoms with Gasteiger partial charge in [0.05, 0.1) is 11.6 Å². The van der Waals surface area contributed by atoms with Crippen LogP contribution >= 0.6 is 0 Å². The van der Waals surface area contributed by atoms with Crippen LogP contribution < -0.4 is 19.7 Å².